The summed E-state index contributed by atoms with van der Waals surface area (Å²) in [5, 5.41) is 2.94. The largest absolute Gasteiger partial charge is 0.497 e. The third-order valence-electron chi connectivity index (χ3n) is 4.69. The summed E-state index contributed by atoms with van der Waals surface area (Å²) in [6.07, 6.45) is 0. The quantitative estimate of drug-likeness (QED) is 0.776. The minimum Gasteiger partial charge on any atom is -0.497 e. The molecule has 1 saturated heterocycles. The number of rotatable bonds is 5. The molecule has 0 spiro atoms. The van der Waals surface area contributed by atoms with Gasteiger partial charge in [-0.15, -0.1) is 11.8 Å². The lowest BCUT2D eigenvalue weighted by molar-refractivity contribution is 0.213. The van der Waals surface area contributed by atoms with E-state index in [1.165, 1.54) is 5.56 Å². The van der Waals surface area contributed by atoms with E-state index in [9.17, 15) is 4.79 Å². The van der Waals surface area contributed by atoms with E-state index >= 15 is 0 Å². The van der Waals surface area contributed by atoms with Crippen LogP contribution in [-0.4, -0.2) is 37.4 Å². The maximum atomic E-state index is 12.9. The second-order valence-corrected chi connectivity index (χ2v) is 7.92. The van der Waals surface area contributed by atoms with Crippen molar-refractivity contribution in [1.29, 1.82) is 0 Å². The number of methoxy groups -OCH3 is 2. The van der Waals surface area contributed by atoms with E-state index in [1.807, 2.05) is 35.2 Å². The SMILES string of the molecule is COc1ccc(C2SCCN2C(=O)Nc2ccc(C(C)C)cc2)c(OC)c1. The molecule has 1 N–H and O–H groups in total. The number of carbonyl (C=O) groups is 1. The Balaban J connectivity index is 1.76. The molecule has 1 unspecified atom stereocenters. The third-order valence-corrected chi connectivity index (χ3v) is 5.93. The van der Waals surface area contributed by atoms with Gasteiger partial charge in [0.1, 0.15) is 16.9 Å². The molecule has 0 aromatic heterocycles. The molecule has 1 heterocycles. The Bertz CT molecular complexity index is 793. The molecular weight excluding hydrogens is 360 g/mol. The predicted molar refractivity (Wildman–Crippen MR) is 111 cm³/mol. The van der Waals surface area contributed by atoms with Crippen LogP contribution in [-0.2, 0) is 0 Å². The highest BCUT2D eigenvalue weighted by molar-refractivity contribution is 7.99. The minimum absolute atomic E-state index is 0.0826. The molecule has 1 aliphatic rings. The molecule has 0 saturated carbocycles. The van der Waals surface area contributed by atoms with Crippen LogP contribution in [0.25, 0.3) is 0 Å². The average molecular weight is 387 g/mol. The van der Waals surface area contributed by atoms with Gasteiger partial charge < -0.3 is 19.7 Å². The molecule has 3 rings (SSSR count). The summed E-state index contributed by atoms with van der Waals surface area (Å²) in [7, 11) is 3.27. The smallest absolute Gasteiger partial charge is 0.323 e. The number of hydrogen-bond acceptors (Lipinski definition) is 4. The molecule has 5 nitrogen and oxygen atoms in total. The van der Waals surface area contributed by atoms with E-state index < -0.39 is 0 Å². The van der Waals surface area contributed by atoms with Gasteiger partial charge >= 0.3 is 6.03 Å². The molecule has 1 atom stereocenters. The van der Waals surface area contributed by atoms with Crippen molar-refractivity contribution in [3.05, 3.63) is 53.6 Å². The van der Waals surface area contributed by atoms with Crippen LogP contribution in [0.2, 0.25) is 0 Å². The van der Waals surface area contributed by atoms with Crippen LogP contribution >= 0.6 is 11.8 Å². The monoisotopic (exact) mass is 386 g/mol. The zero-order chi connectivity index (χ0) is 19.4. The van der Waals surface area contributed by atoms with E-state index in [-0.39, 0.29) is 11.4 Å². The first-order valence-electron chi connectivity index (χ1n) is 9.04. The van der Waals surface area contributed by atoms with Crippen molar-refractivity contribution in [3.63, 3.8) is 0 Å². The zero-order valence-corrected chi connectivity index (χ0v) is 17.0. The Morgan fingerprint density at radius 3 is 2.52 bits per heavy atom. The van der Waals surface area contributed by atoms with Gasteiger partial charge in [0, 0.05) is 29.6 Å². The van der Waals surface area contributed by atoms with Crippen LogP contribution in [0.4, 0.5) is 10.5 Å². The summed E-state index contributed by atoms with van der Waals surface area (Å²) in [6, 6.07) is 13.7. The summed E-state index contributed by atoms with van der Waals surface area (Å²) >= 11 is 1.74. The number of nitrogens with zero attached hydrogens (tertiary/aromatic N) is 1. The molecule has 2 aromatic rings. The number of nitrogens with one attached hydrogen (secondary N) is 1. The van der Waals surface area contributed by atoms with Gasteiger partial charge in [0.25, 0.3) is 0 Å². The number of thioether (sulfide) groups is 1. The van der Waals surface area contributed by atoms with E-state index in [2.05, 4.69) is 31.3 Å². The Morgan fingerprint density at radius 2 is 1.89 bits per heavy atom. The van der Waals surface area contributed by atoms with Crippen molar-refractivity contribution >= 4 is 23.5 Å². The van der Waals surface area contributed by atoms with Crippen LogP contribution < -0.4 is 14.8 Å². The minimum atomic E-state index is -0.0971. The molecule has 0 aliphatic carbocycles. The maximum absolute atomic E-state index is 12.9. The second-order valence-electron chi connectivity index (χ2n) is 6.73. The topological polar surface area (TPSA) is 50.8 Å². The molecule has 0 bridgehead atoms. The van der Waals surface area contributed by atoms with Crippen LogP contribution in [0.15, 0.2) is 42.5 Å². The van der Waals surface area contributed by atoms with Gasteiger partial charge in [0.2, 0.25) is 0 Å². The van der Waals surface area contributed by atoms with Gasteiger partial charge in [-0.25, -0.2) is 4.79 Å². The van der Waals surface area contributed by atoms with Crippen molar-refractivity contribution in [2.45, 2.75) is 25.1 Å². The van der Waals surface area contributed by atoms with Crippen molar-refractivity contribution in [3.8, 4) is 11.5 Å². The number of amides is 2. The van der Waals surface area contributed by atoms with Crippen molar-refractivity contribution in [2.75, 3.05) is 31.8 Å². The average Bonchev–Trinajstić information content (AvgIpc) is 3.17. The number of anilines is 1. The highest BCUT2D eigenvalue weighted by atomic mass is 32.2. The second kappa shape index (κ2) is 8.57. The van der Waals surface area contributed by atoms with E-state index in [0.717, 1.165) is 28.5 Å². The molecular formula is C21H26N2O3S. The zero-order valence-electron chi connectivity index (χ0n) is 16.2. The van der Waals surface area contributed by atoms with Crippen LogP contribution in [0.3, 0.4) is 0 Å². The first kappa shape index (κ1) is 19.4. The van der Waals surface area contributed by atoms with Gasteiger partial charge in [0.15, 0.2) is 0 Å². The number of urea groups is 1. The highest BCUT2D eigenvalue weighted by Crippen LogP contribution is 2.43. The van der Waals surface area contributed by atoms with Gasteiger partial charge in [0.05, 0.1) is 14.2 Å². The van der Waals surface area contributed by atoms with Gasteiger partial charge in [-0.2, -0.15) is 0 Å². The molecule has 2 amide bonds. The number of carbonyl (C=O) groups excluding carboxylic acids is 1. The lowest BCUT2D eigenvalue weighted by atomic mass is 10.0. The van der Waals surface area contributed by atoms with Gasteiger partial charge in [-0.3, -0.25) is 0 Å². The van der Waals surface area contributed by atoms with Gasteiger partial charge in [-0.1, -0.05) is 26.0 Å². The summed E-state index contributed by atoms with van der Waals surface area (Å²) in [6.45, 7) is 5.00. The lowest BCUT2D eigenvalue weighted by Crippen LogP contribution is -2.34. The standard InChI is InChI=1S/C21H26N2O3S/c1-14(2)15-5-7-16(8-6-15)22-21(24)23-11-12-27-20(23)18-10-9-17(25-3)13-19(18)26-4/h5-10,13-14,20H,11-12H2,1-4H3,(H,22,24). The van der Waals surface area contributed by atoms with Crippen LogP contribution in [0, 0.1) is 0 Å². The Morgan fingerprint density at radius 1 is 1.15 bits per heavy atom. The molecule has 0 radical (unpaired) electrons. The molecule has 1 fully saturated rings. The highest BCUT2D eigenvalue weighted by Gasteiger charge is 2.32. The van der Waals surface area contributed by atoms with Crippen molar-refractivity contribution in [1.82, 2.24) is 4.90 Å². The first-order valence-corrected chi connectivity index (χ1v) is 10.1. The van der Waals surface area contributed by atoms with E-state index in [0.29, 0.717) is 12.5 Å². The fourth-order valence-corrected chi connectivity index (χ4v) is 4.39. The summed E-state index contributed by atoms with van der Waals surface area (Å²) in [5.41, 5.74) is 3.04. The van der Waals surface area contributed by atoms with Crippen LogP contribution in [0.5, 0.6) is 11.5 Å². The Labute approximate surface area is 165 Å². The summed E-state index contributed by atoms with van der Waals surface area (Å²) in [4.78, 5) is 14.7. The molecule has 144 valence electrons. The molecule has 27 heavy (non-hydrogen) atoms. The Kier molecular flexibility index (Phi) is 6.16. The van der Waals surface area contributed by atoms with Gasteiger partial charge in [-0.05, 0) is 35.7 Å². The van der Waals surface area contributed by atoms with Crippen molar-refractivity contribution in [2.24, 2.45) is 0 Å². The van der Waals surface area contributed by atoms with E-state index in [4.69, 9.17) is 9.47 Å². The molecule has 6 heteroatoms. The maximum Gasteiger partial charge on any atom is 0.323 e. The fourth-order valence-electron chi connectivity index (χ4n) is 3.10. The summed E-state index contributed by atoms with van der Waals surface area (Å²) < 4.78 is 10.8. The Hall–Kier alpha value is -2.34. The van der Waals surface area contributed by atoms with Crippen LogP contribution in [0.1, 0.15) is 36.3 Å². The number of ether oxygens (including phenoxy) is 2. The normalized spacial score (nSPS) is 16.5. The molecule has 2 aromatic carbocycles. The van der Waals surface area contributed by atoms with E-state index in [1.54, 1.807) is 26.0 Å². The summed E-state index contributed by atoms with van der Waals surface area (Å²) in [5.74, 6) is 2.82. The molecule has 1 aliphatic heterocycles. The number of hydrogen-bond donors (Lipinski definition) is 1. The van der Waals surface area contributed by atoms with Crippen molar-refractivity contribution < 1.29 is 14.3 Å². The number of benzene rings is 2. The lowest BCUT2D eigenvalue weighted by Gasteiger charge is -2.26. The first-order chi connectivity index (χ1) is 13.0. The third kappa shape index (κ3) is 4.33. The predicted octanol–water partition coefficient (Wildman–Crippen LogP) is 5.11. The fraction of sp³-hybridized carbons (Fsp3) is 0.381.